The largest absolute Gasteiger partial charge is 0.352 e. The predicted octanol–water partition coefficient (Wildman–Crippen LogP) is 0.108. The Morgan fingerprint density at radius 3 is 2.89 bits per heavy atom. The van der Waals surface area contributed by atoms with Crippen molar-refractivity contribution in [3.8, 4) is 0 Å². The van der Waals surface area contributed by atoms with Gasteiger partial charge in [0.1, 0.15) is 11.4 Å². The highest BCUT2D eigenvalue weighted by Gasteiger charge is 2.41. The molecule has 104 valence electrons. The lowest BCUT2D eigenvalue weighted by atomic mass is 9.99. The van der Waals surface area contributed by atoms with Crippen LogP contribution >= 0.6 is 0 Å². The molecule has 7 nitrogen and oxygen atoms in total. The van der Waals surface area contributed by atoms with E-state index in [1.54, 1.807) is 13.8 Å². The van der Waals surface area contributed by atoms with Gasteiger partial charge in [-0.2, -0.15) is 0 Å². The summed E-state index contributed by atoms with van der Waals surface area (Å²) in [5, 5.41) is 9.45. The number of amides is 2. The average Bonchev–Trinajstić information content (AvgIpc) is 2.81. The monoisotopic (exact) mass is 265 g/mol. The summed E-state index contributed by atoms with van der Waals surface area (Å²) in [6, 6.07) is 0. The lowest BCUT2D eigenvalue weighted by molar-refractivity contribution is -0.133. The molecule has 2 N–H and O–H groups in total. The van der Waals surface area contributed by atoms with Gasteiger partial charge in [-0.25, -0.2) is 4.98 Å². The normalized spacial score (nSPS) is 18.3. The van der Waals surface area contributed by atoms with Gasteiger partial charge in [0.2, 0.25) is 11.7 Å². The first-order valence-corrected chi connectivity index (χ1v) is 6.48. The minimum atomic E-state index is -0.874. The van der Waals surface area contributed by atoms with Crippen LogP contribution in [0, 0.1) is 0 Å². The third-order valence-electron chi connectivity index (χ3n) is 3.31. The van der Waals surface area contributed by atoms with Crippen LogP contribution in [0.5, 0.6) is 0 Å². The molecule has 2 heterocycles. The van der Waals surface area contributed by atoms with Crippen molar-refractivity contribution in [1.29, 1.82) is 0 Å². The van der Waals surface area contributed by atoms with Gasteiger partial charge in [-0.3, -0.25) is 14.7 Å². The molecule has 0 unspecified atom stereocenters. The molecule has 1 aliphatic rings. The molecule has 1 fully saturated rings. The molecule has 1 saturated heterocycles. The number of carbonyl (C=O) groups excluding carboxylic acids is 2. The van der Waals surface area contributed by atoms with Gasteiger partial charge in [0.25, 0.3) is 5.91 Å². The fraction of sp³-hybridized carbons (Fsp3) is 0.667. The van der Waals surface area contributed by atoms with E-state index in [1.807, 2.05) is 6.92 Å². The molecule has 0 aromatic carbocycles. The van der Waals surface area contributed by atoms with Gasteiger partial charge in [-0.15, -0.1) is 5.10 Å². The molecule has 1 aliphatic heterocycles. The molecule has 1 aromatic heterocycles. The van der Waals surface area contributed by atoms with E-state index in [1.165, 1.54) is 4.90 Å². The van der Waals surface area contributed by atoms with Gasteiger partial charge >= 0.3 is 0 Å². The van der Waals surface area contributed by atoms with Crippen molar-refractivity contribution in [3.63, 3.8) is 0 Å². The molecular formula is C12H19N5O2. The SMILES string of the molecule is CCCc1nc(C(=O)N2CCNC(=O)C2(C)C)n[nH]1. The molecule has 2 rings (SSSR count). The minimum Gasteiger partial charge on any atom is -0.352 e. The number of H-pyrrole nitrogens is 1. The van der Waals surface area contributed by atoms with Crippen LogP contribution in [0.15, 0.2) is 0 Å². The Balaban J connectivity index is 2.20. The van der Waals surface area contributed by atoms with E-state index in [9.17, 15) is 9.59 Å². The third-order valence-corrected chi connectivity index (χ3v) is 3.31. The first-order valence-electron chi connectivity index (χ1n) is 6.48. The summed E-state index contributed by atoms with van der Waals surface area (Å²) >= 11 is 0. The summed E-state index contributed by atoms with van der Waals surface area (Å²) in [4.78, 5) is 29.9. The van der Waals surface area contributed by atoms with Gasteiger partial charge in [-0.1, -0.05) is 6.92 Å². The van der Waals surface area contributed by atoms with Gasteiger partial charge in [-0.05, 0) is 20.3 Å². The summed E-state index contributed by atoms with van der Waals surface area (Å²) in [5.41, 5.74) is -0.874. The van der Waals surface area contributed by atoms with Crippen LogP contribution < -0.4 is 5.32 Å². The Morgan fingerprint density at radius 1 is 1.47 bits per heavy atom. The van der Waals surface area contributed by atoms with E-state index in [-0.39, 0.29) is 17.6 Å². The van der Waals surface area contributed by atoms with Crippen molar-refractivity contribution < 1.29 is 9.59 Å². The standard InChI is InChI=1S/C12H19N5O2/c1-4-5-8-14-9(16-15-8)10(18)17-7-6-13-11(19)12(17,2)3/h4-7H2,1-3H3,(H,13,19)(H,14,15,16). The number of hydrogen-bond donors (Lipinski definition) is 2. The number of carbonyl (C=O) groups is 2. The lowest BCUT2D eigenvalue weighted by Crippen LogP contribution is -2.63. The summed E-state index contributed by atoms with van der Waals surface area (Å²) in [7, 11) is 0. The van der Waals surface area contributed by atoms with Crippen molar-refractivity contribution in [3.05, 3.63) is 11.6 Å². The lowest BCUT2D eigenvalue weighted by Gasteiger charge is -2.40. The number of aromatic nitrogens is 3. The number of piperazine rings is 1. The van der Waals surface area contributed by atoms with Crippen LogP contribution in [0.25, 0.3) is 0 Å². The van der Waals surface area contributed by atoms with E-state index in [0.29, 0.717) is 18.9 Å². The molecule has 2 amide bonds. The maximum absolute atomic E-state index is 12.4. The zero-order valence-electron chi connectivity index (χ0n) is 11.5. The van der Waals surface area contributed by atoms with Crippen LogP contribution in [0.1, 0.15) is 43.6 Å². The highest BCUT2D eigenvalue weighted by molar-refractivity contribution is 5.97. The number of nitrogens with one attached hydrogen (secondary N) is 2. The molecular weight excluding hydrogens is 246 g/mol. The quantitative estimate of drug-likeness (QED) is 0.811. The van der Waals surface area contributed by atoms with E-state index in [0.717, 1.165) is 12.8 Å². The molecule has 0 aliphatic carbocycles. The van der Waals surface area contributed by atoms with Gasteiger partial charge in [0, 0.05) is 19.5 Å². The predicted molar refractivity (Wildman–Crippen MR) is 68.5 cm³/mol. The number of nitrogens with zero attached hydrogens (tertiary/aromatic N) is 3. The number of aryl methyl sites for hydroxylation is 1. The van der Waals surface area contributed by atoms with Crippen LogP contribution in [0.3, 0.4) is 0 Å². The van der Waals surface area contributed by atoms with E-state index in [4.69, 9.17) is 0 Å². The van der Waals surface area contributed by atoms with Crippen LogP contribution in [-0.2, 0) is 11.2 Å². The Kier molecular flexibility index (Phi) is 3.55. The smallest absolute Gasteiger partial charge is 0.294 e. The summed E-state index contributed by atoms with van der Waals surface area (Å²) in [6.07, 6.45) is 1.69. The van der Waals surface area contributed by atoms with Gasteiger partial charge < -0.3 is 10.2 Å². The van der Waals surface area contributed by atoms with E-state index < -0.39 is 5.54 Å². The van der Waals surface area contributed by atoms with Crippen LogP contribution in [0.2, 0.25) is 0 Å². The van der Waals surface area contributed by atoms with Gasteiger partial charge in [0.05, 0.1) is 0 Å². The van der Waals surface area contributed by atoms with Gasteiger partial charge in [0.15, 0.2) is 0 Å². The minimum absolute atomic E-state index is 0.131. The zero-order chi connectivity index (χ0) is 14.0. The molecule has 0 saturated carbocycles. The number of aromatic amines is 1. The van der Waals surface area contributed by atoms with Crippen molar-refractivity contribution in [2.75, 3.05) is 13.1 Å². The summed E-state index contributed by atoms with van der Waals surface area (Å²) in [5.74, 6) is 0.367. The first-order chi connectivity index (χ1) is 8.96. The molecule has 19 heavy (non-hydrogen) atoms. The topological polar surface area (TPSA) is 91.0 Å². The fourth-order valence-corrected chi connectivity index (χ4v) is 2.12. The number of hydrogen-bond acceptors (Lipinski definition) is 4. The van der Waals surface area contributed by atoms with Crippen LogP contribution in [0.4, 0.5) is 0 Å². The van der Waals surface area contributed by atoms with E-state index in [2.05, 4.69) is 20.5 Å². The van der Waals surface area contributed by atoms with Crippen molar-refractivity contribution >= 4 is 11.8 Å². The average molecular weight is 265 g/mol. The van der Waals surface area contributed by atoms with Crippen molar-refractivity contribution in [2.45, 2.75) is 39.2 Å². The third kappa shape index (κ3) is 2.45. The summed E-state index contributed by atoms with van der Waals surface area (Å²) < 4.78 is 0. The second-order valence-corrected chi connectivity index (χ2v) is 5.13. The molecule has 0 atom stereocenters. The summed E-state index contributed by atoms with van der Waals surface area (Å²) in [6.45, 7) is 6.40. The maximum atomic E-state index is 12.4. The highest BCUT2D eigenvalue weighted by atomic mass is 16.2. The molecule has 1 aromatic rings. The molecule has 0 spiro atoms. The van der Waals surface area contributed by atoms with Crippen LogP contribution in [-0.4, -0.2) is 50.5 Å². The second-order valence-electron chi connectivity index (χ2n) is 5.13. The first kappa shape index (κ1) is 13.5. The Bertz CT molecular complexity index is 494. The zero-order valence-corrected chi connectivity index (χ0v) is 11.5. The molecule has 0 bridgehead atoms. The van der Waals surface area contributed by atoms with E-state index >= 15 is 0 Å². The maximum Gasteiger partial charge on any atom is 0.294 e. The Morgan fingerprint density at radius 2 is 2.21 bits per heavy atom. The highest BCUT2D eigenvalue weighted by Crippen LogP contribution is 2.19. The van der Waals surface area contributed by atoms with Crippen molar-refractivity contribution in [2.24, 2.45) is 0 Å². The fourth-order valence-electron chi connectivity index (χ4n) is 2.12. The molecule has 0 radical (unpaired) electrons. The Labute approximate surface area is 111 Å². The Hall–Kier alpha value is -1.92. The number of rotatable bonds is 3. The molecule has 7 heteroatoms. The second kappa shape index (κ2) is 4.99. The van der Waals surface area contributed by atoms with Crippen molar-refractivity contribution in [1.82, 2.24) is 25.4 Å².